The highest BCUT2D eigenvalue weighted by molar-refractivity contribution is 5.90. The molecule has 2 aliphatic heterocycles. The molecule has 0 saturated carbocycles. The van der Waals surface area contributed by atoms with E-state index in [1.807, 2.05) is 11.7 Å². The molecule has 0 aromatic carbocycles. The predicted molar refractivity (Wildman–Crippen MR) is 79.0 cm³/mol. The van der Waals surface area contributed by atoms with E-state index >= 15 is 0 Å². The summed E-state index contributed by atoms with van der Waals surface area (Å²) in [6, 6.07) is 0.519. The van der Waals surface area contributed by atoms with Crippen LogP contribution in [0.4, 0.5) is 5.82 Å². The fourth-order valence-corrected chi connectivity index (χ4v) is 3.82. The molecule has 2 aromatic rings. The fourth-order valence-electron chi connectivity index (χ4n) is 3.82. The van der Waals surface area contributed by atoms with Crippen molar-refractivity contribution < 1.29 is 0 Å². The molecular weight excluding hydrogens is 252 g/mol. The van der Waals surface area contributed by atoms with Crippen LogP contribution in [0, 0.1) is 12.8 Å². The third kappa shape index (κ3) is 1.67. The lowest BCUT2D eigenvalue weighted by Gasteiger charge is -2.34. The highest BCUT2D eigenvalue weighted by Crippen LogP contribution is 2.37. The number of hydrogen-bond donors (Lipinski definition) is 2. The molecule has 0 aliphatic carbocycles. The van der Waals surface area contributed by atoms with Crippen LogP contribution >= 0.6 is 0 Å². The maximum Gasteiger partial charge on any atom is 0.182 e. The van der Waals surface area contributed by atoms with Crippen molar-refractivity contribution in [2.75, 3.05) is 25.0 Å². The maximum atomic E-state index is 4.86. The zero-order valence-electron chi connectivity index (χ0n) is 12.2. The predicted octanol–water partition coefficient (Wildman–Crippen LogP) is 1.43. The molecule has 0 spiro atoms. The van der Waals surface area contributed by atoms with Crippen LogP contribution in [0.15, 0.2) is 0 Å². The molecule has 108 valence electrons. The lowest BCUT2D eigenvalue weighted by Crippen LogP contribution is -2.38. The van der Waals surface area contributed by atoms with E-state index in [1.165, 1.54) is 37.0 Å². The number of hydrogen-bond acceptors (Lipinski definition) is 4. The van der Waals surface area contributed by atoms with Crippen molar-refractivity contribution in [2.24, 2.45) is 13.0 Å². The van der Waals surface area contributed by atoms with Crippen LogP contribution in [0.5, 0.6) is 0 Å². The molecule has 4 rings (SSSR count). The van der Waals surface area contributed by atoms with Crippen LogP contribution in [-0.4, -0.2) is 39.2 Å². The van der Waals surface area contributed by atoms with Crippen molar-refractivity contribution in [3.05, 3.63) is 5.69 Å². The first-order valence-corrected chi connectivity index (χ1v) is 7.62. The quantitative estimate of drug-likeness (QED) is 0.826. The summed E-state index contributed by atoms with van der Waals surface area (Å²) in [5.74, 6) is 1.87. The first-order chi connectivity index (χ1) is 9.75. The summed E-state index contributed by atoms with van der Waals surface area (Å²) >= 11 is 0. The van der Waals surface area contributed by atoms with E-state index in [0.29, 0.717) is 12.0 Å². The van der Waals surface area contributed by atoms with Gasteiger partial charge in [0.25, 0.3) is 0 Å². The number of rotatable bonds is 1. The molecule has 2 aliphatic rings. The Bertz CT molecular complexity index is 634. The van der Waals surface area contributed by atoms with Gasteiger partial charge in [-0.2, -0.15) is 10.2 Å². The summed E-state index contributed by atoms with van der Waals surface area (Å²) in [6.45, 7) is 5.39. The molecule has 2 N–H and O–H groups in total. The van der Waals surface area contributed by atoms with Crippen LogP contribution in [0.3, 0.4) is 0 Å². The topological polar surface area (TPSA) is 59.7 Å². The van der Waals surface area contributed by atoms with Gasteiger partial charge in [-0.05, 0) is 45.2 Å². The second kappa shape index (κ2) is 4.48. The largest absolute Gasteiger partial charge is 0.370 e. The van der Waals surface area contributed by atoms with Crippen molar-refractivity contribution in [1.29, 1.82) is 0 Å². The monoisotopic (exact) mass is 274 g/mol. The van der Waals surface area contributed by atoms with Gasteiger partial charge in [-0.3, -0.25) is 0 Å². The minimum atomic E-state index is 0.519. The average molecular weight is 274 g/mol. The van der Waals surface area contributed by atoms with Crippen LogP contribution in [0.2, 0.25) is 0 Å². The summed E-state index contributed by atoms with van der Waals surface area (Å²) in [4.78, 5) is 0. The fraction of sp³-hybridized carbons (Fsp3) is 0.714. The molecule has 2 atom stereocenters. The molecule has 6 nitrogen and oxygen atoms in total. The number of aromatic nitrogens is 4. The van der Waals surface area contributed by atoms with Gasteiger partial charge < -0.3 is 10.6 Å². The van der Waals surface area contributed by atoms with Gasteiger partial charge in [0.2, 0.25) is 0 Å². The van der Waals surface area contributed by atoms with Crippen molar-refractivity contribution in [3.8, 4) is 0 Å². The lowest BCUT2D eigenvalue weighted by molar-refractivity contribution is 0.236. The maximum absolute atomic E-state index is 4.86. The van der Waals surface area contributed by atoms with E-state index in [9.17, 15) is 0 Å². The zero-order chi connectivity index (χ0) is 13.7. The van der Waals surface area contributed by atoms with Gasteiger partial charge >= 0.3 is 0 Å². The number of aryl methyl sites for hydroxylation is 2. The second-order valence-electron chi connectivity index (χ2n) is 6.09. The molecular formula is C14H22N6. The van der Waals surface area contributed by atoms with Gasteiger partial charge in [0, 0.05) is 13.6 Å². The normalized spacial score (nSPS) is 26.5. The molecule has 0 amide bonds. The Kier molecular flexibility index (Phi) is 2.73. The lowest BCUT2D eigenvalue weighted by atomic mass is 9.89. The van der Waals surface area contributed by atoms with Gasteiger partial charge in [-0.25, -0.2) is 9.36 Å². The van der Waals surface area contributed by atoms with Crippen LogP contribution in [0.25, 0.3) is 11.0 Å². The molecule has 2 aromatic heterocycles. The molecule has 20 heavy (non-hydrogen) atoms. The molecule has 0 bridgehead atoms. The number of nitrogens with one attached hydrogen (secondary N) is 2. The van der Waals surface area contributed by atoms with Gasteiger partial charge in [-0.15, -0.1) is 0 Å². The van der Waals surface area contributed by atoms with E-state index in [4.69, 9.17) is 5.10 Å². The third-order valence-electron chi connectivity index (χ3n) is 4.79. The highest BCUT2D eigenvalue weighted by Gasteiger charge is 2.32. The minimum Gasteiger partial charge on any atom is -0.370 e. The SMILES string of the molecule is Cc1nn(C)c2nn3c(c12)NCCC3C1CCCNC1. The second-order valence-corrected chi connectivity index (χ2v) is 6.09. The van der Waals surface area contributed by atoms with E-state index in [0.717, 1.165) is 24.4 Å². The summed E-state index contributed by atoms with van der Waals surface area (Å²) in [5.41, 5.74) is 2.07. The van der Waals surface area contributed by atoms with Gasteiger partial charge in [0.15, 0.2) is 5.65 Å². The Morgan fingerprint density at radius 2 is 2.10 bits per heavy atom. The highest BCUT2D eigenvalue weighted by atomic mass is 15.4. The number of anilines is 1. The van der Waals surface area contributed by atoms with Gasteiger partial charge in [0.05, 0.1) is 17.1 Å². The Labute approximate surface area is 118 Å². The minimum absolute atomic E-state index is 0.519. The van der Waals surface area contributed by atoms with Crippen molar-refractivity contribution in [1.82, 2.24) is 24.9 Å². The Morgan fingerprint density at radius 1 is 1.20 bits per heavy atom. The number of piperidine rings is 1. The molecule has 1 fully saturated rings. The Hall–Kier alpha value is -1.56. The standard InChI is InChI=1S/C14H22N6/c1-9-12-13-16-7-5-11(10-4-3-6-15-8-10)20(13)18-14(12)19(2)17-9/h10-11,15-16H,3-8H2,1-2H3. The van der Waals surface area contributed by atoms with Crippen LogP contribution < -0.4 is 10.6 Å². The molecule has 6 heteroatoms. The van der Waals surface area contributed by atoms with Crippen LogP contribution in [-0.2, 0) is 7.05 Å². The van der Waals surface area contributed by atoms with E-state index < -0.39 is 0 Å². The summed E-state index contributed by atoms with van der Waals surface area (Å²) < 4.78 is 4.13. The molecule has 2 unspecified atom stereocenters. The molecule has 0 radical (unpaired) electrons. The molecule has 4 heterocycles. The zero-order valence-corrected chi connectivity index (χ0v) is 12.2. The Balaban J connectivity index is 1.80. The Morgan fingerprint density at radius 3 is 2.90 bits per heavy atom. The molecule has 1 saturated heterocycles. The van der Waals surface area contributed by atoms with E-state index in [1.54, 1.807) is 0 Å². The van der Waals surface area contributed by atoms with Crippen molar-refractivity contribution in [3.63, 3.8) is 0 Å². The smallest absolute Gasteiger partial charge is 0.182 e. The first-order valence-electron chi connectivity index (χ1n) is 7.62. The van der Waals surface area contributed by atoms with E-state index in [2.05, 4.69) is 27.3 Å². The van der Waals surface area contributed by atoms with Crippen molar-refractivity contribution >= 4 is 16.9 Å². The average Bonchev–Trinajstić information content (AvgIpc) is 2.99. The van der Waals surface area contributed by atoms with E-state index in [-0.39, 0.29) is 0 Å². The first kappa shape index (κ1) is 12.2. The number of fused-ring (bicyclic) bond motifs is 3. The van der Waals surface area contributed by atoms with Crippen molar-refractivity contribution in [2.45, 2.75) is 32.2 Å². The summed E-state index contributed by atoms with van der Waals surface area (Å²) in [6.07, 6.45) is 3.76. The van der Waals surface area contributed by atoms with Gasteiger partial charge in [-0.1, -0.05) is 0 Å². The number of nitrogens with zero attached hydrogens (tertiary/aromatic N) is 4. The summed E-state index contributed by atoms with van der Waals surface area (Å²) in [7, 11) is 1.98. The van der Waals surface area contributed by atoms with Gasteiger partial charge in [0.1, 0.15) is 5.82 Å². The van der Waals surface area contributed by atoms with Crippen LogP contribution in [0.1, 0.15) is 31.0 Å². The summed E-state index contributed by atoms with van der Waals surface area (Å²) in [5, 5.41) is 17.6. The third-order valence-corrected chi connectivity index (χ3v) is 4.79.